The molecule has 0 aliphatic rings. The first-order chi connectivity index (χ1) is 6.72. The van der Waals surface area contributed by atoms with E-state index >= 15 is 0 Å². The number of methoxy groups -OCH3 is 1. The third-order valence-corrected chi connectivity index (χ3v) is 1.93. The number of nitrogens with zero attached hydrogens (tertiary/aromatic N) is 3. The Balaban J connectivity index is 2.70. The molecular weight excluding hydrogens is 182 g/mol. The monoisotopic (exact) mass is 191 g/mol. The minimum atomic E-state index is -0.415. The molecule has 0 saturated heterocycles. The van der Waals surface area contributed by atoms with Gasteiger partial charge in [-0.25, -0.2) is 4.79 Å². The van der Waals surface area contributed by atoms with Gasteiger partial charge >= 0.3 is 5.97 Å². The zero-order chi connectivity index (χ0) is 10.1. The molecule has 2 rings (SSSR count). The molecule has 0 aromatic carbocycles. The lowest BCUT2D eigenvalue weighted by molar-refractivity contribution is 0.0602. The maximum Gasteiger partial charge on any atom is 0.341 e. The molecule has 14 heavy (non-hydrogen) atoms. The van der Waals surface area contributed by atoms with Crippen molar-refractivity contribution in [2.75, 3.05) is 7.11 Å². The standard InChI is InChI=1S/C9H9N3O2/c1-12-5-6-3-10-4-7(8(6)11-12)9(13)14-2/h3-5H,1-2H3. The van der Waals surface area contributed by atoms with Gasteiger partial charge in [0.2, 0.25) is 0 Å². The van der Waals surface area contributed by atoms with E-state index in [1.165, 1.54) is 13.3 Å². The number of ether oxygens (including phenoxy) is 1. The van der Waals surface area contributed by atoms with E-state index in [4.69, 9.17) is 0 Å². The highest BCUT2D eigenvalue weighted by molar-refractivity contribution is 6.01. The summed E-state index contributed by atoms with van der Waals surface area (Å²) in [6, 6.07) is 0. The van der Waals surface area contributed by atoms with Crippen LogP contribution in [0.5, 0.6) is 0 Å². The lowest BCUT2D eigenvalue weighted by Crippen LogP contribution is -2.02. The van der Waals surface area contributed by atoms with E-state index < -0.39 is 5.97 Å². The van der Waals surface area contributed by atoms with Gasteiger partial charge in [0.1, 0.15) is 11.1 Å². The van der Waals surface area contributed by atoms with Crippen molar-refractivity contribution in [3.05, 3.63) is 24.2 Å². The second kappa shape index (κ2) is 3.10. The van der Waals surface area contributed by atoms with Crippen LogP contribution in [-0.4, -0.2) is 27.8 Å². The van der Waals surface area contributed by atoms with Gasteiger partial charge in [-0.05, 0) is 0 Å². The number of hydrogen-bond acceptors (Lipinski definition) is 4. The zero-order valence-electron chi connectivity index (χ0n) is 7.89. The molecular formula is C9H9N3O2. The van der Waals surface area contributed by atoms with E-state index in [9.17, 15) is 4.79 Å². The van der Waals surface area contributed by atoms with Crippen LogP contribution in [0.25, 0.3) is 10.9 Å². The quantitative estimate of drug-likeness (QED) is 0.624. The van der Waals surface area contributed by atoms with Crippen LogP contribution >= 0.6 is 0 Å². The van der Waals surface area contributed by atoms with Crippen LogP contribution in [0.4, 0.5) is 0 Å². The van der Waals surface area contributed by atoms with Crippen molar-refractivity contribution in [2.45, 2.75) is 0 Å². The topological polar surface area (TPSA) is 57.0 Å². The van der Waals surface area contributed by atoms with Crippen LogP contribution in [-0.2, 0) is 11.8 Å². The fourth-order valence-corrected chi connectivity index (χ4v) is 1.32. The summed E-state index contributed by atoms with van der Waals surface area (Å²) in [5.41, 5.74) is 1.01. The molecule has 72 valence electrons. The third kappa shape index (κ3) is 1.22. The molecule has 0 aliphatic heterocycles. The van der Waals surface area contributed by atoms with Crippen LogP contribution < -0.4 is 0 Å². The Morgan fingerprint density at radius 1 is 1.50 bits per heavy atom. The minimum absolute atomic E-state index is 0.394. The number of pyridine rings is 1. The Morgan fingerprint density at radius 2 is 2.29 bits per heavy atom. The number of esters is 1. The van der Waals surface area contributed by atoms with Gasteiger partial charge in [-0.15, -0.1) is 0 Å². The SMILES string of the molecule is COC(=O)c1cncc2cn(C)nc12. The van der Waals surface area contributed by atoms with Gasteiger partial charge in [-0.3, -0.25) is 9.67 Å². The van der Waals surface area contributed by atoms with E-state index in [0.717, 1.165) is 5.39 Å². The van der Waals surface area contributed by atoms with Gasteiger partial charge in [0.15, 0.2) is 0 Å². The van der Waals surface area contributed by atoms with E-state index in [1.54, 1.807) is 24.1 Å². The molecule has 0 unspecified atom stereocenters. The summed E-state index contributed by atoms with van der Waals surface area (Å²) in [6.07, 6.45) is 4.92. The number of aryl methyl sites for hydroxylation is 1. The lowest BCUT2D eigenvalue weighted by atomic mass is 10.2. The van der Waals surface area contributed by atoms with Crippen LogP contribution in [0.1, 0.15) is 10.4 Å². The van der Waals surface area contributed by atoms with Crippen molar-refractivity contribution in [3.8, 4) is 0 Å². The molecule has 0 radical (unpaired) electrons. The van der Waals surface area contributed by atoms with Crippen molar-refractivity contribution in [3.63, 3.8) is 0 Å². The average Bonchev–Trinajstić information content (AvgIpc) is 2.56. The van der Waals surface area contributed by atoms with Crippen LogP contribution in [0, 0.1) is 0 Å². The Morgan fingerprint density at radius 3 is 3.00 bits per heavy atom. The normalized spacial score (nSPS) is 10.4. The van der Waals surface area contributed by atoms with Crippen LogP contribution in [0.15, 0.2) is 18.6 Å². The lowest BCUT2D eigenvalue weighted by Gasteiger charge is -1.97. The predicted octanol–water partition coefficient (Wildman–Crippen LogP) is 0.755. The highest BCUT2D eigenvalue weighted by Crippen LogP contribution is 2.15. The number of aromatic nitrogens is 3. The molecule has 5 heteroatoms. The van der Waals surface area contributed by atoms with E-state index in [0.29, 0.717) is 11.1 Å². The molecule has 0 N–H and O–H groups in total. The van der Waals surface area contributed by atoms with Gasteiger partial charge in [-0.1, -0.05) is 0 Å². The first kappa shape index (κ1) is 8.68. The fourth-order valence-electron chi connectivity index (χ4n) is 1.32. The number of rotatable bonds is 1. The van der Waals surface area contributed by atoms with Gasteiger partial charge in [0.05, 0.1) is 7.11 Å². The smallest absolute Gasteiger partial charge is 0.341 e. The van der Waals surface area contributed by atoms with Crippen molar-refractivity contribution in [1.82, 2.24) is 14.8 Å². The largest absolute Gasteiger partial charge is 0.465 e. The van der Waals surface area contributed by atoms with E-state index in [1.807, 2.05) is 0 Å². The summed E-state index contributed by atoms with van der Waals surface area (Å²) in [7, 11) is 3.13. The highest BCUT2D eigenvalue weighted by Gasteiger charge is 2.12. The molecule has 0 bridgehead atoms. The zero-order valence-corrected chi connectivity index (χ0v) is 7.89. The molecule has 0 atom stereocenters. The minimum Gasteiger partial charge on any atom is -0.465 e. The Kier molecular flexibility index (Phi) is 1.92. The summed E-state index contributed by atoms with van der Waals surface area (Å²) in [5.74, 6) is -0.415. The number of hydrogen-bond donors (Lipinski definition) is 0. The van der Waals surface area contributed by atoms with Crippen LogP contribution in [0.3, 0.4) is 0 Å². The number of fused-ring (bicyclic) bond motifs is 1. The second-order valence-corrected chi connectivity index (χ2v) is 2.92. The van der Waals surface area contributed by atoms with Gasteiger partial charge in [0, 0.05) is 31.0 Å². The first-order valence-corrected chi connectivity index (χ1v) is 4.08. The molecule has 0 spiro atoms. The highest BCUT2D eigenvalue weighted by atomic mass is 16.5. The molecule has 0 saturated carbocycles. The molecule has 2 aromatic rings. The first-order valence-electron chi connectivity index (χ1n) is 4.08. The van der Waals surface area contributed by atoms with Gasteiger partial charge in [0.25, 0.3) is 0 Å². The Hall–Kier alpha value is -1.91. The van der Waals surface area contributed by atoms with E-state index in [-0.39, 0.29) is 0 Å². The maximum atomic E-state index is 11.3. The molecule has 2 heterocycles. The Labute approximate surface area is 80.3 Å². The van der Waals surface area contributed by atoms with Crippen molar-refractivity contribution in [1.29, 1.82) is 0 Å². The van der Waals surface area contributed by atoms with Gasteiger partial charge < -0.3 is 4.74 Å². The summed E-state index contributed by atoms with van der Waals surface area (Å²) >= 11 is 0. The van der Waals surface area contributed by atoms with Crippen molar-refractivity contribution in [2.24, 2.45) is 7.05 Å². The van der Waals surface area contributed by atoms with Gasteiger partial charge in [-0.2, -0.15) is 5.10 Å². The third-order valence-electron chi connectivity index (χ3n) is 1.93. The summed E-state index contributed by atoms with van der Waals surface area (Å²) < 4.78 is 6.26. The average molecular weight is 191 g/mol. The van der Waals surface area contributed by atoms with Crippen molar-refractivity contribution < 1.29 is 9.53 Å². The maximum absolute atomic E-state index is 11.3. The molecule has 5 nitrogen and oxygen atoms in total. The molecule has 0 amide bonds. The van der Waals surface area contributed by atoms with E-state index in [2.05, 4.69) is 14.8 Å². The Bertz CT molecular complexity index is 490. The number of carbonyl (C=O) groups is 1. The van der Waals surface area contributed by atoms with Crippen LogP contribution in [0.2, 0.25) is 0 Å². The predicted molar refractivity (Wildman–Crippen MR) is 49.8 cm³/mol. The second-order valence-electron chi connectivity index (χ2n) is 2.92. The molecule has 0 aliphatic carbocycles. The summed E-state index contributed by atoms with van der Waals surface area (Å²) in [4.78, 5) is 15.3. The number of carbonyl (C=O) groups excluding carboxylic acids is 1. The fraction of sp³-hybridized carbons (Fsp3) is 0.222. The summed E-state index contributed by atoms with van der Waals surface area (Å²) in [5, 5.41) is 4.99. The summed E-state index contributed by atoms with van der Waals surface area (Å²) in [6.45, 7) is 0. The molecule has 2 aromatic heterocycles. The van der Waals surface area contributed by atoms with Crippen molar-refractivity contribution >= 4 is 16.9 Å². The molecule has 0 fully saturated rings.